The molecule has 0 fully saturated rings. The van der Waals surface area contributed by atoms with Gasteiger partial charge in [0.25, 0.3) is 0 Å². The van der Waals surface area contributed by atoms with E-state index >= 15 is 0 Å². The topological polar surface area (TPSA) is 124 Å². The lowest BCUT2D eigenvalue weighted by Crippen LogP contribution is -2.37. The van der Waals surface area contributed by atoms with Gasteiger partial charge in [0.05, 0.1) is 26.4 Å². The number of aliphatic imine (C=N–C) groups is 2. The number of hydrogen-bond donors (Lipinski definition) is 4. The minimum Gasteiger partial charge on any atom is -0.478 e. The fraction of sp³-hybridized carbons (Fsp3) is 0.867. The van der Waals surface area contributed by atoms with Crippen LogP contribution in [0.4, 0.5) is 0 Å². The molecule has 0 aromatic heterocycles. The monoisotopic (exact) mass is 538 g/mol. The average molecular weight is 539 g/mol. The molecule has 2 aliphatic rings. The summed E-state index contributed by atoms with van der Waals surface area (Å²) in [5.74, 6) is 0.778. The maximum Gasteiger partial charge on any atom is 0.188 e. The predicted molar refractivity (Wildman–Crippen MR) is 153 cm³/mol. The molecular formula is C30H54N2O6. The van der Waals surface area contributed by atoms with Gasteiger partial charge in [-0.1, -0.05) is 96.1 Å². The predicted octanol–water partition coefficient (Wildman–Crippen LogP) is 4.72. The van der Waals surface area contributed by atoms with Crippen LogP contribution in [0.2, 0.25) is 0 Å². The zero-order valence-electron chi connectivity index (χ0n) is 23.8. The maximum absolute atomic E-state index is 9.69. The van der Waals surface area contributed by atoms with Crippen molar-refractivity contribution in [2.45, 2.75) is 121 Å². The molecule has 38 heavy (non-hydrogen) atoms. The van der Waals surface area contributed by atoms with Gasteiger partial charge in [-0.2, -0.15) is 0 Å². The van der Waals surface area contributed by atoms with E-state index in [-0.39, 0.29) is 45.6 Å². The Morgan fingerprint density at radius 3 is 1.68 bits per heavy atom. The number of unbranched alkanes of at least 4 members (excludes halogenated alkanes) is 13. The van der Waals surface area contributed by atoms with Gasteiger partial charge in [0, 0.05) is 12.3 Å². The highest BCUT2D eigenvalue weighted by Crippen LogP contribution is 2.28. The first-order chi connectivity index (χ1) is 18.6. The van der Waals surface area contributed by atoms with Crippen LogP contribution >= 0.6 is 0 Å². The lowest BCUT2D eigenvalue weighted by atomic mass is 9.99. The quantitative estimate of drug-likeness (QED) is 0.110. The van der Waals surface area contributed by atoms with Crippen molar-refractivity contribution in [1.29, 1.82) is 0 Å². The summed E-state index contributed by atoms with van der Waals surface area (Å²) in [6.07, 6.45) is 24.0. The highest BCUT2D eigenvalue weighted by atomic mass is 16.5. The summed E-state index contributed by atoms with van der Waals surface area (Å²) in [6.45, 7) is 1.40. The number of ether oxygens (including phenoxy) is 2. The first-order valence-electron chi connectivity index (χ1n) is 15.1. The first kappa shape index (κ1) is 32.7. The fourth-order valence-corrected chi connectivity index (χ4v) is 4.93. The van der Waals surface area contributed by atoms with Gasteiger partial charge in [-0.15, -0.1) is 0 Å². The lowest BCUT2D eigenvalue weighted by molar-refractivity contribution is 0.0958. The minimum absolute atomic E-state index is 0.138. The Balaban J connectivity index is 1.69. The van der Waals surface area contributed by atoms with E-state index in [1.165, 1.54) is 83.5 Å². The van der Waals surface area contributed by atoms with Crippen LogP contribution in [-0.2, 0) is 9.47 Å². The van der Waals surface area contributed by atoms with Crippen molar-refractivity contribution in [1.82, 2.24) is 0 Å². The molecule has 1 atom stereocenters. The van der Waals surface area contributed by atoms with E-state index in [0.29, 0.717) is 24.6 Å². The molecule has 4 N–H and O–H groups in total. The minimum atomic E-state index is -1.01. The highest BCUT2D eigenvalue weighted by molar-refractivity contribution is 5.88. The summed E-state index contributed by atoms with van der Waals surface area (Å²) >= 11 is 0. The van der Waals surface area contributed by atoms with Gasteiger partial charge in [-0.05, 0) is 19.3 Å². The molecule has 0 bridgehead atoms. The number of aliphatic hydroxyl groups excluding tert-OH is 4. The van der Waals surface area contributed by atoms with E-state index in [1.807, 2.05) is 0 Å². The smallest absolute Gasteiger partial charge is 0.188 e. The van der Waals surface area contributed by atoms with Crippen LogP contribution in [0.25, 0.3) is 0 Å². The normalized spacial score (nSPS) is 18.9. The van der Waals surface area contributed by atoms with E-state index in [4.69, 9.17) is 9.47 Å². The summed E-state index contributed by atoms with van der Waals surface area (Å²) in [7, 11) is 0. The third-order valence-corrected chi connectivity index (χ3v) is 7.71. The van der Waals surface area contributed by atoms with E-state index in [9.17, 15) is 20.4 Å². The van der Waals surface area contributed by atoms with E-state index < -0.39 is 11.1 Å². The summed E-state index contributed by atoms with van der Waals surface area (Å²) in [5.41, 5.74) is -2.01. The van der Waals surface area contributed by atoms with Crippen molar-refractivity contribution >= 4 is 11.8 Å². The number of nitrogens with zero attached hydrogens (tertiary/aromatic N) is 2. The van der Waals surface area contributed by atoms with Gasteiger partial charge in [0.2, 0.25) is 0 Å². The molecule has 0 aromatic carbocycles. The van der Waals surface area contributed by atoms with Crippen molar-refractivity contribution in [2.24, 2.45) is 15.9 Å². The van der Waals surface area contributed by atoms with Gasteiger partial charge in [-0.25, -0.2) is 9.98 Å². The average Bonchev–Trinajstić information content (AvgIpc) is 3.57. The lowest BCUT2D eigenvalue weighted by Gasteiger charge is -2.16. The van der Waals surface area contributed by atoms with E-state index in [0.717, 1.165) is 6.42 Å². The van der Waals surface area contributed by atoms with E-state index in [2.05, 4.69) is 29.1 Å². The Kier molecular flexibility index (Phi) is 16.1. The van der Waals surface area contributed by atoms with Crippen LogP contribution in [0.1, 0.15) is 110 Å². The molecule has 1 unspecified atom stereocenters. The van der Waals surface area contributed by atoms with E-state index in [1.54, 1.807) is 0 Å². The number of rotatable bonds is 23. The second-order valence-corrected chi connectivity index (χ2v) is 11.3. The molecule has 0 saturated carbocycles. The molecule has 0 saturated heterocycles. The Morgan fingerprint density at radius 1 is 0.684 bits per heavy atom. The molecule has 0 radical (unpaired) electrons. The van der Waals surface area contributed by atoms with Gasteiger partial charge in [-0.3, -0.25) is 0 Å². The van der Waals surface area contributed by atoms with Crippen molar-refractivity contribution < 1.29 is 29.9 Å². The molecular weight excluding hydrogens is 484 g/mol. The molecule has 2 aliphatic heterocycles. The molecule has 0 aliphatic carbocycles. The molecule has 0 aromatic rings. The van der Waals surface area contributed by atoms with Crippen LogP contribution in [0.3, 0.4) is 0 Å². The largest absolute Gasteiger partial charge is 0.478 e. The zero-order valence-corrected chi connectivity index (χ0v) is 23.8. The zero-order chi connectivity index (χ0) is 27.5. The van der Waals surface area contributed by atoms with Gasteiger partial charge >= 0.3 is 0 Å². The standard InChI is InChI=1S/C30H54N2O6/c1-2-3-4-5-6-7-8-9-10-11-12-13-14-15-16-17-18-26(28-32-30(22-35,23-36)25-38-28)19-27-31-29(20-33,21-34)24-37-27/h16-17,26,33-36H,2-15,18-25H2,1H3/b17-16+. The van der Waals surface area contributed by atoms with Crippen molar-refractivity contribution in [3.05, 3.63) is 12.2 Å². The fourth-order valence-electron chi connectivity index (χ4n) is 4.93. The van der Waals surface area contributed by atoms with Crippen molar-refractivity contribution in [3.63, 3.8) is 0 Å². The molecule has 2 heterocycles. The van der Waals surface area contributed by atoms with Gasteiger partial charge < -0.3 is 29.9 Å². The Morgan fingerprint density at radius 2 is 1.18 bits per heavy atom. The second kappa shape index (κ2) is 18.7. The Hall–Kier alpha value is -1.48. The molecule has 0 spiro atoms. The van der Waals surface area contributed by atoms with Crippen LogP contribution in [0.15, 0.2) is 22.1 Å². The second-order valence-electron chi connectivity index (χ2n) is 11.3. The third-order valence-electron chi connectivity index (χ3n) is 7.71. The summed E-state index contributed by atoms with van der Waals surface area (Å²) < 4.78 is 11.5. The molecule has 2 rings (SSSR count). The van der Waals surface area contributed by atoms with Crippen LogP contribution in [-0.4, -0.2) is 82.9 Å². The number of aliphatic hydroxyl groups is 4. The molecule has 8 nitrogen and oxygen atoms in total. The molecule has 220 valence electrons. The van der Waals surface area contributed by atoms with Crippen LogP contribution in [0.5, 0.6) is 0 Å². The summed E-state index contributed by atoms with van der Waals surface area (Å²) in [4.78, 5) is 8.95. The SMILES string of the molecule is CCCCCCCCCCCCCCC/C=C/CC(CC1=NC(CO)(CO)CO1)C1=NC(CO)(CO)CO1. The molecule has 0 amide bonds. The first-order valence-corrected chi connectivity index (χ1v) is 15.1. The van der Waals surface area contributed by atoms with Crippen LogP contribution < -0.4 is 0 Å². The third kappa shape index (κ3) is 11.3. The Bertz CT molecular complexity index is 716. The molecule has 8 heteroatoms. The maximum atomic E-state index is 9.69. The van der Waals surface area contributed by atoms with Crippen molar-refractivity contribution in [3.8, 4) is 0 Å². The summed E-state index contributed by atoms with van der Waals surface area (Å²) in [5, 5.41) is 38.6. The summed E-state index contributed by atoms with van der Waals surface area (Å²) in [6, 6.07) is 0. The number of allylic oxidation sites excluding steroid dienone is 2. The Labute approximate surface area is 230 Å². The highest BCUT2D eigenvalue weighted by Gasteiger charge is 2.40. The van der Waals surface area contributed by atoms with Gasteiger partial charge in [0.1, 0.15) is 24.3 Å². The van der Waals surface area contributed by atoms with Gasteiger partial charge in [0.15, 0.2) is 11.8 Å². The van der Waals surface area contributed by atoms with Crippen LogP contribution in [0, 0.1) is 5.92 Å². The van der Waals surface area contributed by atoms with Crippen molar-refractivity contribution in [2.75, 3.05) is 39.6 Å². The number of hydrogen-bond acceptors (Lipinski definition) is 8.